The van der Waals surface area contributed by atoms with E-state index >= 15 is 0 Å². The molecule has 0 amide bonds. The molecule has 1 aliphatic rings. The molecule has 0 fully saturated rings. The van der Waals surface area contributed by atoms with Gasteiger partial charge in [-0.05, 0) is 12.8 Å². The van der Waals surface area contributed by atoms with Crippen LogP contribution in [0.5, 0.6) is 0 Å². The topological polar surface area (TPSA) is 29.1 Å². The fraction of sp³-hybridized carbons (Fsp3) is 0.444. The Morgan fingerprint density at radius 2 is 2.45 bits per heavy atom. The molecule has 0 aromatic carbocycles. The van der Waals surface area contributed by atoms with E-state index in [1.807, 2.05) is 0 Å². The predicted molar refractivity (Wildman–Crippen MR) is 43.8 cm³/mol. The summed E-state index contributed by atoms with van der Waals surface area (Å²) in [4.78, 5) is 10.9. The maximum Gasteiger partial charge on any atom is 0.157 e. The van der Waals surface area contributed by atoms with E-state index in [4.69, 9.17) is 6.42 Å². The molecular formula is C9H11NO. The van der Waals surface area contributed by atoms with Crippen LogP contribution >= 0.6 is 0 Å². The van der Waals surface area contributed by atoms with Crippen LogP contribution in [0.1, 0.15) is 19.3 Å². The minimum absolute atomic E-state index is 0.204. The van der Waals surface area contributed by atoms with E-state index in [2.05, 4.69) is 11.2 Å². The van der Waals surface area contributed by atoms with Crippen molar-refractivity contribution in [1.82, 2.24) is 5.32 Å². The van der Waals surface area contributed by atoms with Crippen molar-refractivity contribution in [2.24, 2.45) is 0 Å². The third-order valence-electron chi connectivity index (χ3n) is 1.62. The van der Waals surface area contributed by atoms with Crippen LogP contribution in [0.4, 0.5) is 0 Å². The first-order chi connectivity index (χ1) is 5.33. The molecule has 0 saturated carbocycles. The third-order valence-corrected chi connectivity index (χ3v) is 1.62. The molecule has 1 rings (SSSR count). The molecule has 11 heavy (non-hydrogen) atoms. The molecule has 2 nitrogen and oxygen atoms in total. The highest BCUT2D eigenvalue weighted by Gasteiger charge is 2.07. The summed E-state index contributed by atoms with van der Waals surface area (Å²) in [5, 5.41) is 3.01. The Kier molecular flexibility index (Phi) is 2.74. The van der Waals surface area contributed by atoms with Crippen LogP contribution < -0.4 is 5.32 Å². The van der Waals surface area contributed by atoms with Gasteiger partial charge in [-0.15, -0.1) is 6.42 Å². The number of nitrogens with one attached hydrogen (secondary N) is 1. The fourth-order valence-corrected chi connectivity index (χ4v) is 1.10. The van der Waals surface area contributed by atoms with E-state index in [1.165, 1.54) is 0 Å². The minimum atomic E-state index is 0.204. The van der Waals surface area contributed by atoms with Gasteiger partial charge in [-0.1, -0.05) is 5.92 Å². The molecule has 1 N–H and O–H groups in total. The summed E-state index contributed by atoms with van der Waals surface area (Å²) in [5.41, 5.74) is 0.985. The lowest BCUT2D eigenvalue weighted by molar-refractivity contribution is -0.115. The van der Waals surface area contributed by atoms with E-state index in [0.717, 1.165) is 18.5 Å². The lowest BCUT2D eigenvalue weighted by atomic mass is 10.0. The molecule has 0 unspecified atom stereocenters. The fourth-order valence-electron chi connectivity index (χ4n) is 1.10. The highest BCUT2D eigenvalue weighted by molar-refractivity contribution is 5.91. The Hall–Kier alpha value is -1.23. The van der Waals surface area contributed by atoms with Crippen LogP contribution in [0, 0.1) is 12.3 Å². The van der Waals surface area contributed by atoms with E-state index in [1.54, 1.807) is 6.08 Å². The molecule has 58 valence electrons. The van der Waals surface area contributed by atoms with Crippen molar-refractivity contribution in [3.63, 3.8) is 0 Å². The number of hydrogen-bond donors (Lipinski definition) is 1. The summed E-state index contributed by atoms with van der Waals surface area (Å²) in [6.07, 6.45) is 9.29. The van der Waals surface area contributed by atoms with Crippen molar-refractivity contribution in [2.75, 3.05) is 6.54 Å². The summed E-state index contributed by atoms with van der Waals surface area (Å²) in [7, 11) is 0. The van der Waals surface area contributed by atoms with Crippen molar-refractivity contribution < 1.29 is 4.79 Å². The number of terminal acetylenes is 1. The number of allylic oxidation sites excluding steroid dienone is 2. The van der Waals surface area contributed by atoms with Crippen LogP contribution in [0.2, 0.25) is 0 Å². The van der Waals surface area contributed by atoms with Crippen LogP contribution in [-0.4, -0.2) is 12.3 Å². The lowest BCUT2D eigenvalue weighted by Crippen LogP contribution is -2.17. The monoisotopic (exact) mass is 149 g/mol. The molecule has 0 heterocycles. The predicted octanol–water partition coefficient (Wildman–Crippen LogP) is 0.846. The van der Waals surface area contributed by atoms with Gasteiger partial charge in [-0.25, -0.2) is 0 Å². The summed E-state index contributed by atoms with van der Waals surface area (Å²) < 4.78 is 0. The molecule has 0 bridgehead atoms. The normalized spacial score (nSPS) is 17.0. The van der Waals surface area contributed by atoms with Gasteiger partial charge in [0.05, 0.1) is 6.54 Å². The number of hydrogen-bond acceptors (Lipinski definition) is 2. The molecule has 2 heteroatoms. The van der Waals surface area contributed by atoms with E-state index in [9.17, 15) is 4.79 Å². The van der Waals surface area contributed by atoms with Gasteiger partial charge in [-0.3, -0.25) is 4.79 Å². The van der Waals surface area contributed by atoms with Gasteiger partial charge in [0.2, 0.25) is 0 Å². The Morgan fingerprint density at radius 1 is 1.64 bits per heavy atom. The molecule has 0 spiro atoms. The number of carbonyl (C=O) groups is 1. The largest absolute Gasteiger partial charge is 0.377 e. The standard InChI is InChI=1S/C9H11NO/c1-2-6-10-8-4-3-5-9(11)7-8/h1,7,10H,3-6H2. The van der Waals surface area contributed by atoms with Crippen LogP contribution in [-0.2, 0) is 4.79 Å². The zero-order valence-electron chi connectivity index (χ0n) is 6.39. The van der Waals surface area contributed by atoms with Crippen molar-refractivity contribution in [1.29, 1.82) is 0 Å². The van der Waals surface area contributed by atoms with Gasteiger partial charge in [0.15, 0.2) is 5.78 Å². The summed E-state index contributed by atoms with van der Waals surface area (Å²) in [6.45, 7) is 0.513. The quantitative estimate of drug-likeness (QED) is 0.590. The molecule has 0 aromatic heterocycles. The second-order valence-corrected chi connectivity index (χ2v) is 2.55. The van der Waals surface area contributed by atoms with Crippen molar-refractivity contribution in [2.45, 2.75) is 19.3 Å². The summed E-state index contributed by atoms with van der Waals surface area (Å²) >= 11 is 0. The van der Waals surface area contributed by atoms with E-state index in [0.29, 0.717) is 13.0 Å². The maximum atomic E-state index is 10.9. The Morgan fingerprint density at radius 3 is 3.09 bits per heavy atom. The molecule has 0 atom stereocenters. The smallest absolute Gasteiger partial charge is 0.157 e. The Balaban J connectivity index is 2.44. The van der Waals surface area contributed by atoms with Gasteiger partial charge in [0, 0.05) is 18.2 Å². The van der Waals surface area contributed by atoms with E-state index < -0.39 is 0 Å². The molecule has 0 aromatic rings. The van der Waals surface area contributed by atoms with Crippen molar-refractivity contribution in [3.8, 4) is 12.3 Å². The number of rotatable bonds is 2. The highest BCUT2D eigenvalue weighted by Crippen LogP contribution is 2.11. The first-order valence-corrected chi connectivity index (χ1v) is 3.73. The first kappa shape index (κ1) is 7.87. The molecular weight excluding hydrogens is 138 g/mol. The second-order valence-electron chi connectivity index (χ2n) is 2.55. The van der Waals surface area contributed by atoms with Gasteiger partial charge < -0.3 is 5.32 Å². The lowest BCUT2D eigenvalue weighted by Gasteiger charge is -2.11. The molecule has 0 saturated heterocycles. The SMILES string of the molecule is C#CCNC1=CC(=O)CCC1. The highest BCUT2D eigenvalue weighted by atomic mass is 16.1. The molecule has 1 aliphatic carbocycles. The first-order valence-electron chi connectivity index (χ1n) is 3.73. The Bertz CT molecular complexity index is 222. The second kappa shape index (κ2) is 3.82. The van der Waals surface area contributed by atoms with Crippen LogP contribution in [0.25, 0.3) is 0 Å². The minimum Gasteiger partial charge on any atom is -0.377 e. The number of ketones is 1. The summed E-state index contributed by atoms with van der Waals surface area (Å²) in [6, 6.07) is 0. The van der Waals surface area contributed by atoms with Crippen molar-refractivity contribution >= 4 is 5.78 Å². The summed E-state index contributed by atoms with van der Waals surface area (Å²) in [5.74, 6) is 2.67. The van der Waals surface area contributed by atoms with Crippen LogP contribution in [0.15, 0.2) is 11.8 Å². The van der Waals surface area contributed by atoms with Crippen LogP contribution in [0.3, 0.4) is 0 Å². The van der Waals surface area contributed by atoms with Gasteiger partial charge in [0.1, 0.15) is 0 Å². The van der Waals surface area contributed by atoms with Gasteiger partial charge >= 0.3 is 0 Å². The zero-order chi connectivity index (χ0) is 8.10. The number of carbonyl (C=O) groups excluding carboxylic acids is 1. The maximum absolute atomic E-state index is 10.9. The Labute approximate surface area is 66.7 Å². The average Bonchev–Trinajstić information content (AvgIpc) is 2.01. The van der Waals surface area contributed by atoms with E-state index in [-0.39, 0.29) is 5.78 Å². The molecule has 0 aliphatic heterocycles. The third kappa shape index (κ3) is 2.46. The van der Waals surface area contributed by atoms with Gasteiger partial charge in [-0.2, -0.15) is 0 Å². The molecule has 0 radical (unpaired) electrons. The average molecular weight is 149 g/mol. The zero-order valence-corrected chi connectivity index (χ0v) is 6.39. The van der Waals surface area contributed by atoms with Crippen molar-refractivity contribution in [3.05, 3.63) is 11.8 Å². The van der Waals surface area contributed by atoms with Gasteiger partial charge in [0.25, 0.3) is 0 Å².